The molecule has 2 unspecified atom stereocenters. The number of carbonyl (C=O) groups excluding carboxylic acids is 2. The highest BCUT2D eigenvalue weighted by Crippen LogP contribution is 2.43. The smallest absolute Gasteiger partial charge is 0.463 e. The zero-order valence-corrected chi connectivity index (χ0v) is 34.6. The molecule has 0 aliphatic heterocycles. The molecule has 0 heterocycles. The first-order valence-corrected chi connectivity index (χ1v) is 22.8. The van der Waals surface area contributed by atoms with Gasteiger partial charge in [0.25, 0.3) is 0 Å². The van der Waals surface area contributed by atoms with Gasteiger partial charge in [0.15, 0.2) is 0 Å². The lowest BCUT2D eigenvalue weighted by Gasteiger charge is -2.17. The van der Waals surface area contributed by atoms with Gasteiger partial charge in [-0.05, 0) is 64.2 Å². The average Bonchev–Trinajstić information content (AvgIpc) is 3.14. The van der Waals surface area contributed by atoms with Crippen molar-refractivity contribution in [2.75, 3.05) is 26.4 Å². The summed E-state index contributed by atoms with van der Waals surface area (Å²) in [7, 11) is -4.60. The van der Waals surface area contributed by atoms with Crippen LogP contribution in [-0.2, 0) is 32.7 Å². The molecule has 0 aliphatic rings. The van der Waals surface area contributed by atoms with E-state index in [4.69, 9.17) is 18.5 Å². The number of rotatable bonds is 40. The van der Waals surface area contributed by atoms with Crippen LogP contribution in [0.4, 0.5) is 0 Å². The normalized spacial score (nSPS) is 14.1. The van der Waals surface area contributed by atoms with E-state index in [9.17, 15) is 29.3 Å². The Morgan fingerprint density at radius 1 is 0.472 bits per heavy atom. The second kappa shape index (κ2) is 38.7. The average molecular weight is 775 g/mol. The van der Waals surface area contributed by atoms with Crippen LogP contribution in [0.2, 0.25) is 0 Å². The Morgan fingerprint density at radius 2 is 0.755 bits per heavy atom. The van der Waals surface area contributed by atoms with Crippen molar-refractivity contribution in [1.29, 1.82) is 0 Å². The molecule has 312 valence electrons. The molecule has 0 aromatic heterocycles. The van der Waals surface area contributed by atoms with Gasteiger partial charge in [-0.2, -0.15) is 0 Å². The molecule has 0 aromatic rings. The van der Waals surface area contributed by atoms with Gasteiger partial charge < -0.3 is 24.6 Å². The Kier molecular flexibility index (Phi) is 37.6. The maximum absolute atomic E-state index is 12.1. The Morgan fingerprint density at radius 3 is 1.08 bits per heavy atom. The molecule has 11 heteroatoms. The van der Waals surface area contributed by atoms with Crippen LogP contribution < -0.4 is 0 Å². The fraction of sp³-hybridized carbons (Fsp3) is 0.857. The molecule has 0 saturated heterocycles. The van der Waals surface area contributed by atoms with E-state index in [1.54, 1.807) is 0 Å². The number of hydrogen-bond donors (Lipinski definition) is 3. The van der Waals surface area contributed by atoms with E-state index >= 15 is 0 Å². The monoisotopic (exact) mass is 775 g/mol. The number of esters is 2. The Balaban J connectivity index is 3.71. The molecule has 0 fully saturated rings. The lowest BCUT2D eigenvalue weighted by molar-refractivity contribution is -0.147. The maximum Gasteiger partial charge on any atom is 0.472 e. The Bertz CT molecular complexity index is 871. The molecule has 0 amide bonds. The van der Waals surface area contributed by atoms with Gasteiger partial charge in [0, 0.05) is 12.8 Å². The van der Waals surface area contributed by atoms with Crippen LogP contribution >= 0.6 is 7.82 Å². The zero-order chi connectivity index (χ0) is 39.1. The molecule has 3 N–H and O–H groups in total. The number of phosphoric ester groups is 1. The molecule has 0 saturated carbocycles. The molecule has 0 rings (SSSR count). The highest BCUT2D eigenvalue weighted by molar-refractivity contribution is 7.47. The molecular weight excluding hydrogens is 695 g/mol. The van der Waals surface area contributed by atoms with Gasteiger partial charge in [-0.3, -0.25) is 18.6 Å². The molecule has 10 nitrogen and oxygen atoms in total. The number of ether oxygens (including phenoxy) is 2. The SMILES string of the molecule is CCCCCCCC/C=C/CCCCCCCC(=O)OCC(O)COP(=O)(O)OCC(O)COC(=O)CCCCCCC/C=C/CCCCCCCC. The molecule has 0 radical (unpaired) electrons. The predicted molar refractivity (Wildman–Crippen MR) is 215 cm³/mol. The highest BCUT2D eigenvalue weighted by Gasteiger charge is 2.25. The van der Waals surface area contributed by atoms with E-state index in [2.05, 4.69) is 38.2 Å². The number of unbranched alkanes of at least 4 members (excludes halogenated alkanes) is 22. The van der Waals surface area contributed by atoms with E-state index in [0.717, 1.165) is 64.2 Å². The number of hydrogen-bond acceptors (Lipinski definition) is 9. The van der Waals surface area contributed by atoms with E-state index < -0.39 is 45.2 Å². The minimum absolute atomic E-state index is 0.243. The lowest BCUT2D eigenvalue weighted by atomic mass is 10.1. The number of aliphatic hydroxyl groups is 2. The van der Waals surface area contributed by atoms with Gasteiger partial charge >= 0.3 is 19.8 Å². The van der Waals surface area contributed by atoms with Crippen molar-refractivity contribution in [2.45, 2.75) is 206 Å². The Hall–Kier alpha value is -1.55. The third-order valence-electron chi connectivity index (χ3n) is 9.02. The third kappa shape index (κ3) is 39.9. The lowest BCUT2D eigenvalue weighted by Crippen LogP contribution is -2.25. The van der Waals surface area contributed by atoms with E-state index in [0.29, 0.717) is 12.8 Å². The van der Waals surface area contributed by atoms with Gasteiger partial charge in [0.1, 0.15) is 25.4 Å². The summed E-state index contributed by atoms with van der Waals surface area (Å²) in [6, 6.07) is 0. The quantitative estimate of drug-likeness (QED) is 0.0238. The summed E-state index contributed by atoms with van der Waals surface area (Å²) in [5.41, 5.74) is 0. The predicted octanol–water partition coefficient (Wildman–Crippen LogP) is 11.0. The summed E-state index contributed by atoms with van der Waals surface area (Å²) in [5.74, 6) is -0.889. The molecule has 53 heavy (non-hydrogen) atoms. The maximum atomic E-state index is 12.1. The number of phosphoric acid groups is 1. The summed E-state index contributed by atoms with van der Waals surface area (Å²) in [6.45, 7) is 2.52. The van der Waals surface area contributed by atoms with Crippen molar-refractivity contribution in [1.82, 2.24) is 0 Å². The Labute approximate surface area is 323 Å². The van der Waals surface area contributed by atoms with Crippen LogP contribution in [0, 0.1) is 0 Å². The van der Waals surface area contributed by atoms with Gasteiger partial charge in [-0.15, -0.1) is 0 Å². The largest absolute Gasteiger partial charge is 0.472 e. The minimum Gasteiger partial charge on any atom is -0.463 e. The van der Waals surface area contributed by atoms with Gasteiger partial charge in [-0.1, -0.05) is 141 Å². The van der Waals surface area contributed by atoms with Crippen molar-refractivity contribution in [3.8, 4) is 0 Å². The van der Waals surface area contributed by atoms with Gasteiger partial charge in [0.05, 0.1) is 13.2 Å². The molecule has 0 spiro atoms. The number of aliphatic hydroxyl groups excluding tert-OH is 2. The molecule has 2 atom stereocenters. The van der Waals surface area contributed by atoms with Crippen molar-refractivity contribution in [2.24, 2.45) is 0 Å². The van der Waals surface area contributed by atoms with E-state index in [1.165, 1.54) is 89.9 Å². The topological polar surface area (TPSA) is 149 Å². The van der Waals surface area contributed by atoms with Crippen molar-refractivity contribution >= 4 is 19.8 Å². The first kappa shape index (κ1) is 51.5. The fourth-order valence-electron chi connectivity index (χ4n) is 5.70. The fourth-order valence-corrected chi connectivity index (χ4v) is 6.49. The van der Waals surface area contributed by atoms with Crippen molar-refractivity contribution in [3.63, 3.8) is 0 Å². The van der Waals surface area contributed by atoms with Crippen LogP contribution in [0.5, 0.6) is 0 Å². The first-order valence-electron chi connectivity index (χ1n) is 21.3. The van der Waals surface area contributed by atoms with Gasteiger partial charge in [0.2, 0.25) is 0 Å². The standard InChI is InChI=1S/C42H79O10P/c1-3-5-7-9-11-13-15-17-19-21-23-25-27-29-31-33-41(45)49-35-39(43)37-51-53(47,48)52-38-40(44)36-50-42(46)34-32-30-28-26-24-22-20-18-16-14-12-10-8-6-4-2/h17-20,39-40,43-44H,3-16,21-38H2,1-2H3,(H,47,48)/b19-17+,20-18+. The molecular formula is C42H79O10P. The summed E-state index contributed by atoms with van der Waals surface area (Å²) in [6.07, 6.45) is 37.3. The zero-order valence-electron chi connectivity index (χ0n) is 33.7. The molecule has 0 bridgehead atoms. The van der Waals surface area contributed by atoms with Crippen molar-refractivity contribution < 1.29 is 47.8 Å². The van der Waals surface area contributed by atoms with Crippen LogP contribution in [0.3, 0.4) is 0 Å². The van der Waals surface area contributed by atoms with Crippen LogP contribution in [0.25, 0.3) is 0 Å². The van der Waals surface area contributed by atoms with Crippen LogP contribution in [0.1, 0.15) is 194 Å². The summed E-state index contributed by atoms with van der Waals surface area (Å²) < 4.78 is 31.7. The molecule has 0 aromatic carbocycles. The number of allylic oxidation sites excluding steroid dienone is 4. The van der Waals surface area contributed by atoms with Crippen LogP contribution in [0.15, 0.2) is 24.3 Å². The van der Waals surface area contributed by atoms with Crippen molar-refractivity contribution in [3.05, 3.63) is 24.3 Å². The summed E-state index contributed by atoms with van der Waals surface area (Å²) >= 11 is 0. The first-order chi connectivity index (χ1) is 25.7. The summed E-state index contributed by atoms with van der Waals surface area (Å²) in [4.78, 5) is 33.8. The third-order valence-corrected chi connectivity index (χ3v) is 9.97. The summed E-state index contributed by atoms with van der Waals surface area (Å²) in [5, 5.41) is 20.0. The second-order valence-corrected chi connectivity index (χ2v) is 15.9. The number of carbonyl (C=O) groups is 2. The second-order valence-electron chi connectivity index (χ2n) is 14.4. The van der Waals surface area contributed by atoms with Crippen LogP contribution in [-0.4, -0.2) is 65.7 Å². The van der Waals surface area contributed by atoms with Gasteiger partial charge in [-0.25, -0.2) is 4.57 Å². The minimum atomic E-state index is -4.60. The molecule has 0 aliphatic carbocycles. The van der Waals surface area contributed by atoms with E-state index in [1.807, 2.05) is 0 Å². The van der Waals surface area contributed by atoms with E-state index in [-0.39, 0.29) is 26.1 Å². The highest BCUT2D eigenvalue weighted by atomic mass is 31.2.